The van der Waals surface area contributed by atoms with Crippen molar-refractivity contribution in [1.82, 2.24) is 0 Å². The molecule has 3 N–H and O–H groups in total. The van der Waals surface area contributed by atoms with Crippen LogP contribution in [0, 0.1) is 5.92 Å². The van der Waals surface area contributed by atoms with Crippen LogP contribution in [0.3, 0.4) is 0 Å². The summed E-state index contributed by atoms with van der Waals surface area (Å²) >= 11 is 0. The highest BCUT2D eigenvalue weighted by Gasteiger charge is 2.37. The fourth-order valence-electron chi connectivity index (χ4n) is 1.85. The highest BCUT2D eigenvalue weighted by molar-refractivity contribution is 5.44. The normalized spacial score (nSPS) is 24.7. The maximum atomic E-state index is 9.57. The van der Waals surface area contributed by atoms with Crippen LogP contribution in [-0.2, 0) is 0 Å². The van der Waals surface area contributed by atoms with Crippen molar-refractivity contribution in [2.45, 2.75) is 12.3 Å². The third-order valence-corrected chi connectivity index (χ3v) is 2.86. The Hall–Kier alpha value is -1.22. The Labute approximate surface area is 83.5 Å². The first kappa shape index (κ1) is 9.34. The van der Waals surface area contributed by atoms with E-state index in [0.29, 0.717) is 17.6 Å². The monoisotopic (exact) mass is 193 g/mol. The summed E-state index contributed by atoms with van der Waals surface area (Å²) in [5.74, 6) is 1.88. The van der Waals surface area contributed by atoms with Crippen molar-refractivity contribution in [3.05, 3.63) is 23.8 Å². The SMILES string of the molecule is COc1ccc([C@@H]2C[C@H]2CN)cc1O. The van der Waals surface area contributed by atoms with Gasteiger partial charge >= 0.3 is 0 Å². The molecule has 0 heterocycles. The highest BCUT2D eigenvalue weighted by atomic mass is 16.5. The molecule has 1 saturated carbocycles. The molecule has 1 aliphatic rings. The van der Waals surface area contributed by atoms with Gasteiger partial charge in [-0.15, -0.1) is 0 Å². The largest absolute Gasteiger partial charge is 0.504 e. The van der Waals surface area contributed by atoms with Crippen LogP contribution in [0.2, 0.25) is 0 Å². The lowest BCUT2D eigenvalue weighted by molar-refractivity contribution is 0.373. The van der Waals surface area contributed by atoms with Crippen LogP contribution in [0.25, 0.3) is 0 Å². The molecule has 0 aliphatic heterocycles. The highest BCUT2D eigenvalue weighted by Crippen LogP contribution is 2.48. The van der Waals surface area contributed by atoms with Gasteiger partial charge < -0.3 is 15.6 Å². The van der Waals surface area contributed by atoms with Gasteiger partial charge in [-0.05, 0) is 42.5 Å². The van der Waals surface area contributed by atoms with Gasteiger partial charge in [-0.3, -0.25) is 0 Å². The van der Waals surface area contributed by atoms with Crippen LogP contribution < -0.4 is 10.5 Å². The molecule has 0 bridgehead atoms. The molecule has 0 saturated heterocycles. The van der Waals surface area contributed by atoms with E-state index >= 15 is 0 Å². The lowest BCUT2D eigenvalue weighted by Gasteiger charge is -2.05. The van der Waals surface area contributed by atoms with E-state index < -0.39 is 0 Å². The zero-order valence-electron chi connectivity index (χ0n) is 8.23. The third kappa shape index (κ3) is 1.55. The zero-order valence-corrected chi connectivity index (χ0v) is 8.23. The van der Waals surface area contributed by atoms with Crippen LogP contribution in [0.1, 0.15) is 17.9 Å². The van der Waals surface area contributed by atoms with E-state index in [1.165, 1.54) is 5.56 Å². The van der Waals surface area contributed by atoms with Gasteiger partial charge in [-0.2, -0.15) is 0 Å². The molecule has 2 atom stereocenters. The fourth-order valence-corrected chi connectivity index (χ4v) is 1.85. The summed E-state index contributed by atoms with van der Waals surface area (Å²) in [5, 5.41) is 9.57. The van der Waals surface area contributed by atoms with Gasteiger partial charge in [-0.1, -0.05) is 6.07 Å². The molecule has 14 heavy (non-hydrogen) atoms. The Morgan fingerprint density at radius 3 is 2.86 bits per heavy atom. The molecule has 0 aromatic heterocycles. The van der Waals surface area contributed by atoms with Crippen molar-refractivity contribution in [3.63, 3.8) is 0 Å². The molecule has 1 aliphatic carbocycles. The van der Waals surface area contributed by atoms with Crippen LogP contribution >= 0.6 is 0 Å². The predicted molar refractivity (Wildman–Crippen MR) is 54.6 cm³/mol. The molecule has 1 aromatic rings. The van der Waals surface area contributed by atoms with Crippen molar-refractivity contribution in [2.75, 3.05) is 13.7 Å². The molecule has 3 heteroatoms. The Morgan fingerprint density at radius 1 is 1.57 bits per heavy atom. The third-order valence-electron chi connectivity index (χ3n) is 2.86. The van der Waals surface area contributed by atoms with Crippen LogP contribution in [0.15, 0.2) is 18.2 Å². The molecule has 0 radical (unpaired) electrons. The van der Waals surface area contributed by atoms with Crippen molar-refractivity contribution >= 4 is 0 Å². The standard InChI is InChI=1S/C11H15NO2/c1-14-11-3-2-7(5-10(11)13)9-4-8(9)6-12/h2-3,5,8-9,13H,4,6,12H2,1H3/t8-,9-/m0/s1. The number of nitrogens with two attached hydrogens (primary N) is 1. The summed E-state index contributed by atoms with van der Waals surface area (Å²) in [6.07, 6.45) is 1.14. The second-order valence-electron chi connectivity index (χ2n) is 3.77. The van der Waals surface area contributed by atoms with E-state index in [1.54, 1.807) is 19.2 Å². The van der Waals surface area contributed by atoms with Gasteiger partial charge in [0.2, 0.25) is 0 Å². The lowest BCUT2D eigenvalue weighted by atomic mass is 10.1. The van der Waals surface area contributed by atoms with Crippen molar-refractivity contribution in [2.24, 2.45) is 11.7 Å². The molecule has 1 aromatic carbocycles. The summed E-state index contributed by atoms with van der Waals surface area (Å²) in [6.45, 7) is 0.734. The number of rotatable bonds is 3. The Balaban J connectivity index is 2.17. The Morgan fingerprint density at radius 2 is 2.36 bits per heavy atom. The lowest BCUT2D eigenvalue weighted by Crippen LogP contribution is -2.01. The van der Waals surface area contributed by atoms with Crippen molar-refractivity contribution in [1.29, 1.82) is 0 Å². The smallest absolute Gasteiger partial charge is 0.160 e. The molecule has 76 valence electrons. The summed E-state index contributed by atoms with van der Waals surface area (Å²) in [5.41, 5.74) is 6.73. The summed E-state index contributed by atoms with van der Waals surface area (Å²) in [7, 11) is 1.55. The van der Waals surface area contributed by atoms with Crippen LogP contribution in [0.4, 0.5) is 0 Å². The van der Waals surface area contributed by atoms with Gasteiger partial charge in [0.05, 0.1) is 7.11 Å². The second kappa shape index (κ2) is 3.50. The number of ether oxygens (including phenoxy) is 1. The van der Waals surface area contributed by atoms with E-state index in [-0.39, 0.29) is 5.75 Å². The number of benzene rings is 1. The summed E-state index contributed by atoms with van der Waals surface area (Å²) in [6, 6.07) is 5.58. The molecule has 1 fully saturated rings. The minimum absolute atomic E-state index is 0.215. The van der Waals surface area contributed by atoms with E-state index in [4.69, 9.17) is 10.5 Å². The minimum Gasteiger partial charge on any atom is -0.504 e. The zero-order chi connectivity index (χ0) is 10.1. The molecular weight excluding hydrogens is 178 g/mol. The number of hydrogen-bond acceptors (Lipinski definition) is 3. The van der Waals surface area contributed by atoms with Crippen molar-refractivity contribution in [3.8, 4) is 11.5 Å². The molecule has 3 nitrogen and oxygen atoms in total. The average Bonchev–Trinajstić information content (AvgIpc) is 2.96. The quantitative estimate of drug-likeness (QED) is 0.764. The van der Waals surface area contributed by atoms with Gasteiger partial charge in [0.15, 0.2) is 11.5 Å². The topological polar surface area (TPSA) is 55.5 Å². The molecular formula is C11H15NO2. The second-order valence-corrected chi connectivity index (χ2v) is 3.77. The first-order chi connectivity index (χ1) is 6.76. The Bertz CT molecular complexity index is 338. The average molecular weight is 193 g/mol. The van der Waals surface area contributed by atoms with Gasteiger partial charge in [0, 0.05) is 0 Å². The number of aromatic hydroxyl groups is 1. The number of phenols is 1. The molecule has 0 spiro atoms. The van der Waals surface area contributed by atoms with Gasteiger partial charge in [0.25, 0.3) is 0 Å². The summed E-state index contributed by atoms with van der Waals surface area (Å²) < 4.78 is 4.98. The molecule has 0 amide bonds. The first-order valence-electron chi connectivity index (χ1n) is 4.83. The first-order valence-corrected chi connectivity index (χ1v) is 4.83. The fraction of sp³-hybridized carbons (Fsp3) is 0.455. The molecule has 0 unspecified atom stereocenters. The Kier molecular flexibility index (Phi) is 2.33. The maximum Gasteiger partial charge on any atom is 0.160 e. The minimum atomic E-state index is 0.215. The maximum absolute atomic E-state index is 9.57. The van der Waals surface area contributed by atoms with Crippen molar-refractivity contribution < 1.29 is 9.84 Å². The van der Waals surface area contributed by atoms with E-state index in [1.807, 2.05) is 6.07 Å². The van der Waals surface area contributed by atoms with Gasteiger partial charge in [-0.25, -0.2) is 0 Å². The molecule has 2 rings (SSSR count). The van der Waals surface area contributed by atoms with Crippen LogP contribution in [0.5, 0.6) is 11.5 Å². The van der Waals surface area contributed by atoms with E-state index in [9.17, 15) is 5.11 Å². The number of phenolic OH excluding ortho intramolecular Hbond substituents is 1. The van der Waals surface area contributed by atoms with Gasteiger partial charge in [0.1, 0.15) is 0 Å². The number of methoxy groups -OCH3 is 1. The summed E-state index contributed by atoms with van der Waals surface area (Å²) in [4.78, 5) is 0. The van der Waals surface area contributed by atoms with E-state index in [0.717, 1.165) is 13.0 Å². The number of hydrogen-bond donors (Lipinski definition) is 2. The van der Waals surface area contributed by atoms with E-state index in [2.05, 4.69) is 0 Å². The van der Waals surface area contributed by atoms with Crippen LogP contribution in [-0.4, -0.2) is 18.8 Å². The predicted octanol–water partition coefficient (Wildman–Crippen LogP) is 1.46.